The fourth-order valence-corrected chi connectivity index (χ4v) is 1.95. The quantitative estimate of drug-likeness (QED) is 0.720. The van der Waals surface area contributed by atoms with Crippen molar-refractivity contribution in [2.75, 3.05) is 13.2 Å². The fourth-order valence-electron chi connectivity index (χ4n) is 1.95. The standard InChI is InChI=1S/C11H15NO4/c1-2-16-11(15)8-6-12(7-4-3-5-7)10(14)9(8)13/h7,13H,2-6H2,1H3. The molecule has 88 valence electrons. The molecule has 1 amide bonds. The van der Waals surface area contributed by atoms with Gasteiger partial charge in [-0.2, -0.15) is 0 Å². The average molecular weight is 225 g/mol. The predicted octanol–water partition coefficient (Wildman–Crippen LogP) is 0.756. The highest BCUT2D eigenvalue weighted by Crippen LogP contribution is 2.30. The SMILES string of the molecule is CCOC(=O)C1=C(O)C(=O)N(C2CCC2)C1. The van der Waals surface area contributed by atoms with Crippen molar-refractivity contribution in [2.45, 2.75) is 32.2 Å². The van der Waals surface area contributed by atoms with Crippen LogP contribution in [-0.2, 0) is 14.3 Å². The minimum atomic E-state index is -0.588. The third kappa shape index (κ3) is 1.66. The van der Waals surface area contributed by atoms with Gasteiger partial charge in [0.2, 0.25) is 0 Å². The number of aliphatic hydroxyl groups is 1. The van der Waals surface area contributed by atoms with Crippen molar-refractivity contribution in [1.82, 2.24) is 4.90 Å². The summed E-state index contributed by atoms with van der Waals surface area (Å²) in [5, 5.41) is 9.58. The summed E-state index contributed by atoms with van der Waals surface area (Å²) in [6, 6.07) is 0.182. The van der Waals surface area contributed by atoms with E-state index in [1.807, 2.05) is 0 Å². The number of rotatable bonds is 3. The smallest absolute Gasteiger partial charge is 0.339 e. The van der Waals surface area contributed by atoms with Gasteiger partial charge in [0, 0.05) is 6.04 Å². The molecule has 5 nitrogen and oxygen atoms in total. The summed E-state index contributed by atoms with van der Waals surface area (Å²) in [7, 11) is 0. The van der Waals surface area contributed by atoms with Gasteiger partial charge in [0.25, 0.3) is 5.91 Å². The van der Waals surface area contributed by atoms with E-state index in [1.165, 1.54) is 0 Å². The number of hydrogen-bond donors (Lipinski definition) is 1. The third-order valence-corrected chi connectivity index (χ3v) is 3.12. The maximum absolute atomic E-state index is 11.7. The molecule has 1 N–H and O–H groups in total. The van der Waals surface area contributed by atoms with Gasteiger partial charge in [-0.15, -0.1) is 0 Å². The molecule has 0 spiro atoms. The fraction of sp³-hybridized carbons (Fsp3) is 0.636. The highest BCUT2D eigenvalue weighted by molar-refractivity contribution is 6.05. The van der Waals surface area contributed by atoms with E-state index in [-0.39, 0.29) is 24.8 Å². The summed E-state index contributed by atoms with van der Waals surface area (Å²) >= 11 is 0. The van der Waals surface area contributed by atoms with Crippen molar-refractivity contribution in [2.24, 2.45) is 0 Å². The summed E-state index contributed by atoms with van der Waals surface area (Å²) in [4.78, 5) is 24.7. The molecule has 16 heavy (non-hydrogen) atoms. The van der Waals surface area contributed by atoms with Gasteiger partial charge in [-0.05, 0) is 26.2 Å². The summed E-state index contributed by atoms with van der Waals surface area (Å²) in [5.41, 5.74) is 0.0961. The first kappa shape index (κ1) is 11.0. The van der Waals surface area contributed by atoms with Crippen LogP contribution >= 0.6 is 0 Å². The molecule has 1 saturated carbocycles. The average Bonchev–Trinajstić information content (AvgIpc) is 2.44. The zero-order valence-corrected chi connectivity index (χ0v) is 9.23. The van der Waals surface area contributed by atoms with Crippen molar-refractivity contribution in [3.05, 3.63) is 11.3 Å². The van der Waals surface area contributed by atoms with E-state index >= 15 is 0 Å². The monoisotopic (exact) mass is 225 g/mol. The van der Waals surface area contributed by atoms with Gasteiger partial charge in [-0.3, -0.25) is 4.79 Å². The van der Waals surface area contributed by atoms with Crippen LogP contribution in [-0.4, -0.2) is 41.1 Å². The Bertz CT molecular complexity index is 357. The lowest BCUT2D eigenvalue weighted by Crippen LogP contribution is -2.42. The molecule has 0 radical (unpaired) electrons. The summed E-state index contributed by atoms with van der Waals surface area (Å²) in [6.45, 7) is 2.12. The summed E-state index contributed by atoms with van der Waals surface area (Å²) in [5.74, 6) is -1.46. The van der Waals surface area contributed by atoms with Crippen LogP contribution in [0.15, 0.2) is 11.3 Å². The molecule has 0 aromatic carbocycles. The minimum absolute atomic E-state index is 0.0961. The van der Waals surface area contributed by atoms with Gasteiger partial charge in [0.05, 0.1) is 13.2 Å². The largest absolute Gasteiger partial charge is 0.503 e. The van der Waals surface area contributed by atoms with E-state index in [0.29, 0.717) is 0 Å². The highest BCUT2D eigenvalue weighted by atomic mass is 16.5. The molecule has 0 atom stereocenters. The number of carbonyl (C=O) groups excluding carboxylic acids is 2. The minimum Gasteiger partial charge on any atom is -0.503 e. The van der Waals surface area contributed by atoms with Crippen LogP contribution in [0, 0.1) is 0 Å². The molecular formula is C11H15NO4. The lowest BCUT2D eigenvalue weighted by molar-refractivity contribution is -0.138. The Balaban J connectivity index is 2.09. The second kappa shape index (κ2) is 4.15. The van der Waals surface area contributed by atoms with Crippen molar-refractivity contribution in [1.29, 1.82) is 0 Å². The van der Waals surface area contributed by atoms with Crippen molar-refractivity contribution < 1.29 is 19.4 Å². The van der Waals surface area contributed by atoms with Crippen LogP contribution in [0.2, 0.25) is 0 Å². The van der Waals surface area contributed by atoms with Crippen LogP contribution in [0.1, 0.15) is 26.2 Å². The Morgan fingerprint density at radius 3 is 2.75 bits per heavy atom. The topological polar surface area (TPSA) is 66.8 Å². The number of esters is 1. The van der Waals surface area contributed by atoms with Crippen LogP contribution in [0.5, 0.6) is 0 Å². The Morgan fingerprint density at radius 1 is 1.56 bits per heavy atom. The zero-order valence-electron chi connectivity index (χ0n) is 9.23. The number of amides is 1. The van der Waals surface area contributed by atoms with Gasteiger partial charge in [-0.1, -0.05) is 0 Å². The lowest BCUT2D eigenvalue weighted by Gasteiger charge is -2.34. The van der Waals surface area contributed by atoms with E-state index in [1.54, 1.807) is 11.8 Å². The number of hydrogen-bond acceptors (Lipinski definition) is 4. The molecular weight excluding hydrogens is 210 g/mol. The van der Waals surface area contributed by atoms with Gasteiger partial charge >= 0.3 is 5.97 Å². The molecule has 2 aliphatic rings. The van der Waals surface area contributed by atoms with Crippen LogP contribution in [0.3, 0.4) is 0 Å². The zero-order chi connectivity index (χ0) is 11.7. The third-order valence-electron chi connectivity index (χ3n) is 3.12. The van der Waals surface area contributed by atoms with Gasteiger partial charge in [-0.25, -0.2) is 4.79 Å². The first-order chi connectivity index (χ1) is 7.65. The molecule has 0 aromatic rings. The van der Waals surface area contributed by atoms with Gasteiger partial charge < -0.3 is 14.7 Å². The maximum atomic E-state index is 11.7. The number of nitrogens with zero attached hydrogens (tertiary/aromatic N) is 1. The molecule has 0 aromatic heterocycles. The van der Waals surface area contributed by atoms with Crippen LogP contribution < -0.4 is 0 Å². The normalized spacial score (nSPS) is 21.3. The number of aliphatic hydroxyl groups excluding tert-OH is 1. The Labute approximate surface area is 93.7 Å². The first-order valence-corrected chi connectivity index (χ1v) is 5.55. The van der Waals surface area contributed by atoms with Crippen molar-refractivity contribution in [3.63, 3.8) is 0 Å². The Hall–Kier alpha value is -1.52. The second-order valence-electron chi connectivity index (χ2n) is 4.07. The summed E-state index contributed by atoms with van der Waals surface area (Å²) < 4.78 is 4.79. The van der Waals surface area contributed by atoms with E-state index in [9.17, 15) is 14.7 Å². The van der Waals surface area contributed by atoms with Gasteiger partial charge in [0.15, 0.2) is 5.76 Å². The van der Waals surface area contributed by atoms with Crippen molar-refractivity contribution >= 4 is 11.9 Å². The predicted molar refractivity (Wildman–Crippen MR) is 55.6 cm³/mol. The molecule has 1 aliphatic heterocycles. The lowest BCUT2D eigenvalue weighted by atomic mass is 9.92. The first-order valence-electron chi connectivity index (χ1n) is 5.55. The number of carbonyl (C=O) groups is 2. The Morgan fingerprint density at radius 2 is 2.25 bits per heavy atom. The molecule has 0 bridgehead atoms. The van der Waals surface area contributed by atoms with Crippen LogP contribution in [0.4, 0.5) is 0 Å². The maximum Gasteiger partial charge on any atom is 0.339 e. The highest BCUT2D eigenvalue weighted by Gasteiger charge is 2.40. The molecule has 0 saturated heterocycles. The molecule has 1 heterocycles. The van der Waals surface area contributed by atoms with Crippen molar-refractivity contribution in [3.8, 4) is 0 Å². The van der Waals surface area contributed by atoms with E-state index in [4.69, 9.17) is 4.74 Å². The summed E-state index contributed by atoms with van der Waals surface area (Å²) in [6.07, 6.45) is 3.01. The molecule has 0 unspecified atom stereocenters. The molecule has 1 fully saturated rings. The number of ether oxygens (including phenoxy) is 1. The van der Waals surface area contributed by atoms with Crippen LogP contribution in [0.25, 0.3) is 0 Å². The molecule has 1 aliphatic carbocycles. The molecule has 5 heteroatoms. The van der Waals surface area contributed by atoms with E-state index in [2.05, 4.69) is 0 Å². The van der Waals surface area contributed by atoms with E-state index in [0.717, 1.165) is 19.3 Å². The molecule has 2 rings (SSSR count). The van der Waals surface area contributed by atoms with E-state index < -0.39 is 17.6 Å². The Kier molecular flexibility index (Phi) is 2.85. The van der Waals surface area contributed by atoms with Gasteiger partial charge in [0.1, 0.15) is 5.57 Å². The second-order valence-corrected chi connectivity index (χ2v) is 4.07.